The normalized spacial score (nSPS) is 22.1. The molecular weight excluding hydrogens is 396 g/mol. The van der Waals surface area contributed by atoms with E-state index in [1.54, 1.807) is 24.3 Å². The molecular formula is C25H34O4S. The number of benzene rings is 2. The van der Waals surface area contributed by atoms with Gasteiger partial charge in [-0.1, -0.05) is 61.4 Å². The van der Waals surface area contributed by atoms with Crippen LogP contribution in [-0.2, 0) is 19.0 Å². The first-order chi connectivity index (χ1) is 14.2. The summed E-state index contributed by atoms with van der Waals surface area (Å²) in [7, 11) is -3.74. The third-order valence-corrected chi connectivity index (χ3v) is 7.45. The van der Waals surface area contributed by atoms with Crippen molar-refractivity contribution < 1.29 is 17.3 Å². The largest absolute Gasteiger partial charge is 0.375 e. The van der Waals surface area contributed by atoms with Crippen molar-refractivity contribution >= 4 is 10.1 Å². The van der Waals surface area contributed by atoms with Gasteiger partial charge in [0, 0.05) is 5.92 Å². The van der Waals surface area contributed by atoms with E-state index in [4.69, 9.17) is 8.92 Å². The molecule has 1 unspecified atom stereocenters. The minimum atomic E-state index is -3.74. The molecule has 0 bridgehead atoms. The average Bonchev–Trinajstić information content (AvgIpc) is 3.01. The predicted octanol–water partition coefficient (Wildman–Crippen LogP) is 5.72. The molecule has 0 aliphatic carbocycles. The van der Waals surface area contributed by atoms with Gasteiger partial charge in [0.05, 0.1) is 23.7 Å². The van der Waals surface area contributed by atoms with Crippen molar-refractivity contribution in [2.75, 3.05) is 13.2 Å². The van der Waals surface area contributed by atoms with Crippen LogP contribution in [0.4, 0.5) is 0 Å². The molecule has 0 saturated carbocycles. The van der Waals surface area contributed by atoms with E-state index in [2.05, 4.69) is 45.0 Å². The van der Waals surface area contributed by atoms with Gasteiger partial charge in [0.1, 0.15) is 0 Å². The van der Waals surface area contributed by atoms with Crippen LogP contribution in [0.3, 0.4) is 0 Å². The lowest BCUT2D eigenvalue weighted by Gasteiger charge is -2.31. The van der Waals surface area contributed by atoms with Crippen LogP contribution >= 0.6 is 0 Å². The van der Waals surface area contributed by atoms with Crippen molar-refractivity contribution in [1.82, 2.24) is 0 Å². The summed E-state index contributed by atoms with van der Waals surface area (Å²) < 4.78 is 36.9. The molecule has 2 aromatic carbocycles. The molecule has 0 amide bonds. The second-order valence-electron chi connectivity index (χ2n) is 9.00. The fourth-order valence-corrected chi connectivity index (χ4v) is 5.65. The molecule has 2 aromatic rings. The van der Waals surface area contributed by atoms with Crippen LogP contribution in [0.5, 0.6) is 0 Å². The molecule has 164 valence electrons. The Labute approximate surface area is 181 Å². The van der Waals surface area contributed by atoms with Crippen LogP contribution in [0.15, 0.2) is 59.5 Å². The zero-order valence-corrected chi connectivity index (χ0v) is 19.3. The zero-order chi connectivity index (χ0) is 21.8. The summed E-state index contributed by atoms with van der Waals surface area (Å²) in [4.78, 5) is 0.218. The summed E-state index contributed by atoms with van der Waals surface area (Å²) in [5.74, 6) is 0.792. The highest BCUT2D eigenvalue weighted by Crippen LogP contribution is 2.46. The van der Waals surface area contributed by atoms with Gasteiger partial charge in [-0.05, 0) is 63.1 Å². The molecule has 1 aliphatic heterocycles. The molecule has 1 aliphatic rings. The molecule has 1 heterocycles. The van der Waals surface area contributed by atoms with Crippen molar-refractivity contribution in [2.45, 2.75) is 63.4 Å². The fraction of sp³-hybridized carbons (Fsp3) is 0.520. The zero-order valence-electron chi connectivity index (χ0n) is 18.5. The summed E-state index contributed by atoms with van der Waals surface area (Å²) in [6, 6.07) is 17.3. The summed E-state index contributed by atoms with van der Waals surface area (Å²) in [5.41, 5.74) is 2.07. The van der Waals surface area contributed by atoms with Crippen LogP contribution < -0.4 is 0 Å². The number of hydrogen-bond acceptors (Lipinski definition) is 4. The van der Waals surface area contributed by atoms with E-state index < -0.39 is 10.1 Å². The van der Waals surface area contributed by atoms with Crippen molar-refractivity contribution in [3.8, 4) is 0 Å². The summed E-state index contributed by atoms with van der Waals surface area (Å²) in [6.45, 7) is 9.27. The first-order valence-electron chi connectivity index (χ1n) is 10.9. The highest BCUT2D eigenvalue weighted by atomic mass is 32.2. The third kappa shape index (κ3) is 5.51. The van der Waals surface area contributed by atoms with Gasteiger partial charge < -0.3 is 4.74 Å². The van der Waals surface area contributed by atoms with Gasteiger partial charge in [-0.25, -0.2) is 0 Å². The lowest BCUT2D eigenvalue weighted by molar-refractivity contribution is 0.0262. The molecule has 3 rings (SSSR count). The molecule has 1 saturated heterocycles. The van der Waals surface area contributed by atoms with E-state index in [0.717, 1.165) is 24.8 Å². The molecule has 0 aromatic heterocycles. The van der Waals surface area contributed by atoms with E-state index >= 15 is 0 Å². The minimum Gasteiger partial charge on any atom is -0.375 e. The van der Waals surface area contributed by atoms with Gasteiger partial charge in [-0.3, -0.25) is 4.18 Å². The third-order valence-electron chi connectivity index (χ3n) is 6.15. The number of hydrogen-bond donors (Lipinski definition) is 0. The Bertz CT molecular complexity index is 904. The van der Waals surface area contributed by atoms with Crippen molar-refractivity contribution in [3.05, 3.63) is 65.7 Å². The van der Waals surface area contributed by atoms with Crippen LogP contribution in [0.25, 0.3) is 0 Å². The van der Waals surface area contributed by atoms with Crippen molar-refractivity contribution in [2.24, 2.45) is 11.8 Å². The van der Waals surface area contributed by atoms with E-state index in [0.29, 0.717) is 12.5 Å². The molecule has 30 heavy (non-hydrogen) atoms. The van der Waals surface area contributed by atoms with Gasteiger partial charge in [0.2, 0.25) is 0 Å². The Morgan fingerprint density at radius 1 is 1.10 bits per heavy atom. The van der Waals surface area contributed by atoms with Gasteiger partial charge in [-0.15, -0.1) is 0 Å². The standard InChI is InChI=1S/C25H34O4S/c1-5-9-20(17-29-30(26,27)23-14-12-19(2)13-15-23)16-22-18-28-25(3,4)24(22)21-10-7-6-8-11-21/h6-8,10-15,20,22,24H,5,9,16-18H2,1-4H3/t20-,22+,24?/m1/s1. The van der Waals surface area contributed by atoms with E-state index in [9.17, 15) is 8.42 Å². The Balaban J connectivity index is 1.71. The maximum absolute atomic E-state index is 12.6. The Hall–Kier alpha value is -1.69. The molecule has 0 radical (unpaired) electrons. The average molecular weight is 431 g/mol. The summed E-state index contributed by atoms with van der Waals surface area (Å²) in [5, 5.41) is 0. The molecule has 4 nitrogen and oxygen atoms in total. The lowest BCUT2D eigenvalue weighted by Crippen LogP contribution is -2.29. The van der Waals surface area contributed by atoms with E-state index in [1.807, 2.05) is 13.0 Å². The maximum atomic E-state index is 12.6. The van der Waals surface area contributed by atoms with Gasteiger partial charge in [0.25, 0.3) is 10.1 Å². The Kier molecular flexibility index (Phi) is 7.38. The molecule has 0 N–H and O–H groups in total. The number of aryl methyl sites for hydroxylation is 1. The lowest BCUT2D eigenvalue weighted by atomic mass is 9.74. The Morgan fingerprint density at radius 3 is 2.40 bits per heavy atom. The highest BCUT2D eigenvalue weighted by Gasteiger charge is 2.44. The van der Waals surface area contributed by atoms with E-state index in [1.165, 1.54) is 5.56 Å². The number of ether oxygens (including phenoxy) is 1. The van der Waals surface area contributed by atoms with Crippen molar-refractivity contribution in [1.29, 1.82) is 0 Å². The molecule has 0 spiro atoms. The Morgan fingerprint density at radius 2 is 1.77 bits per heavy atom. The van der Waals surface area contributed by atoms with Crippen molar-refractivity contribution in [3.63, 3.8) is 0 Å². The quantitative estimate of drug-likeness (QED) is 0.478. The van der Waals surface area contributed by atoms with Gasteiger partial charge >= 0.3 is 0 Å². The molecule has 1 fully saturated rings. The second-order valence-corrected chi connectivity index (χ2v) is 10.6. The second kappa shape index (κ2) is 9.63. The van der Waals surface area contributed by atoms with Crippen LogP contribution in [0.2, 0.25) is 0 Å². The summed E-state index contributed by atoms with van der Waals surface area (Å²) in [6.07, 6.45) is 2.81. The maximum Gasteiger partial charge on any atom is 0.296 e. The summed E-state index contributed by atoms with van der Waals surface area (Å²) >= 11 is 0. The van der Waals surface area contributed by atoms with Crippen LogP contribution in [-0.4, -0.2) is 27.2 Å². The minimum absolute atomic E-state index is 0.170. The SMILES string of the molecule is CCC[C@@H](COS(=O)(=O)c1ccc(C)cc1)C[C@H]1COC(C)(C)C1c1ccccc1. The molecule has 3 atom stereocenters. The first kappa shape index (κ1) is 23.0. The topological polar surface area (TPSA) is 52.6 Å². The smallest absolute Gasteiger partial charge is 0.296 e. The van der Waals surface area contributed by atoms with Gasteiger partial charge in [-0.2, -0.15) is 8.42 Å². The predicted molar refractivity (Wildman–Crippen MR) is 120 cm³/mol. The van der Waals surface area contributed by atoms with Crippen LogP contribution in [0, 0.1) is 18.8 Å². The van der Waals surface area contributed by atoms with Gasteiger partial charge in [0.15, 0.2) is 0 Å². The van der Waals surface area contributed by atoms with E-state index in [-0.39, 0.29) is 28.9 Å². The first-order valence-corrected chi connectivity index (χ1v) is 12.3. The van der Waals surface area contributed by atoms with Crippen LogP contribution in [0.1, 0.15) is 57.1 Å². The monoisotopic (exact) mass is 430 g/mol. The number of rotatable bonds is 9. The fourth-order valence-electron chi connectivity index (χ4n) is 4.68. The molecule has 5 heteroatoms. The highest BCUT2D eigenvalue weighted by molar-refractivity contribution is 7.86.